The number of carbonyl (C=O) groups excluding carboxylic acids is 1. The van der Waals surface area contributed by atoms with E-state index in [1.165, 1.54) is 30.7 Å². The average molecular weight is 269 g/mol. The molecule has 0 aromatic carbocycles. The number of carboxylic acid groups (broad SMARTS) is 1. The van der Waals surface area contributed by atoms with E-state index in [1.54, 1.807) is 14.0 Å². The maximum atomic E-state index is 12.1. The first kappa shape index (κ1) is 14.9. The van der Waals surface area contributed by atoms with Crippen molar-refractivity contribution in [1.29, 1.82) is 0 Å². The third kappa shape index (κ3) is 3.21. The van der Waals surface area contributed by atoms with E-state index in [-0.39, 0.29) is 6.54 Å². The SMILES string of the molecule is Cc1nc(CN(C)C(=O)N(C)C(C)(C)C(=O)O)n[nH]1. The molecule has 2 amide bonds. The van der Waals surface area contributed by atoms with E-state index in [0.29, 0.717) is 11.6 Å². The van der Waals surface area contributed by atoms with Gasteiger partial charge in [-0.05, 0) is 20.8 Å². The van der Waals surface area contributed by atoms with Crippen molar-refractivity contribution < 1.29 is 14.7 Å². The van der Waals surface area contributed by atoms with Crippen molar-refractivity contribution in [1.82, 2.24) is 25.0 Å². The summed E-state index contributed by atoms with van der Waals surface area (Å²) in [4.78, 5) is 29.9. The monoisotopic (exact) mass is 269 g/mol. The van der Waals surface area contributed by atoms with E-state index in [9.17, 15) is 9.59 Å². The summed E-state index contributed by atoms with van der Waals surface area (Å²) in [5.41, 5.74) is -1.28. The number of urea groups is 1. The second-order valence-electron chi connectivity index (χ2n) is 4.90. The van der Waals surface area contributed by atoms with Crippen LogP contribution in [0.15, 0.2) is 0 Å². The second-order valence-corrected chi connectivity index (χ2v) is 4.90. The van der Waals surface area contributed by atoms with Crippen LogP contribution < -0.4 is 0 Å². The van der Waals surface area contributed by atoms with Crippen LogP contribution in [0.3, 0.4) is 0 Å². The van der Waals surface area contributed by atoms with Crippen LogP contribution in [0.1, 0.15) is 25.5 Å². The van der Waals surface area contributed by atoms with Crippen LogP contribution in [-0.2, 0) is 11.3 Å². The van der Waals surface area contributed by atoms with Crippen LogP contribution >= 0.6 is 0 Å². The molecule has 1 aromatic heterocycles. The molecule has 1 rings (SSSR count). The summed E-state index contributed by atoms with van der Waals surface area (Å²) in [5, 5.41) is 15.7. The van der Waals surface area contributed by atoms with E-state index in [1.807, 2.05) is 0 Å². The van der Waals surface area contributed by atoms with Gasteiger partial charge in [-0.25, -0.2) is 14.6 Å². The number of aryl methyl sites for hydroxylation is 1. The number of nitrogens with one attached hydrogen (secondary N) is 1. The second kappa shape index (κ2) is 5.25. The van der Waals surface area contributed by atoms with Gasteiger partial charge in [0.1, 0.15) is 11.4 Å². The summed E-state index contributed by atoms with van der Waals surface area (Å²) >= 11 is 0. The molecule has 0 aliphatic heterocycles. The number of carboxylic acids is 1. The number of hydrogen-bond acceptors (Lipinski definition) is 4. The Kier molecular flexibility index (Phi) is 4.13. The van der Waals surface area contributed by atoms with E-state index in [0.717, 1.165) is 0 Å². The molecule has 0 aliphatic rings. The molecule has 2 N–H and O–H groups in total. The van der Waals surface area contributed by atoms with Crippen molar-refractivity contribution in [2.45, 2.75) is 32.9 Å². The molecule has 0 unspecified atom stereocenters. The maximum absolute atomic E-state index is 12.1. The number of aromatic nitrogens is 3. The Bertz CT molecular complexity index is 482. The van der Waals surface area contributed by atoms with E-state index in [4.69, 9.17) is 5.11 Å². The summed E-state index contributed by atoms with van der Waals surface area (Å²) < 4.78 is 0. The van der Waals surface area contributed by atoms with Gasteiger partial charge in [-0.1, -0.05) is 0 Å². The van der Waals surface area contributed by atoms with Gasteiger partial charge in [0.25, 0.3) is 0 Å². The van der Waals surface area contributed by atoms with E-state index in [2.05, 4.69) is 15.2 Å². The highest BCUT2D eigenvalue weighted by atomic mass is 16.4. The molecule has 0 saturated carbocycles. The van der Waals surface area contributed by atoms with Crippen LogP contribution in [0.2, 0.25) is 0 Å². The number of nitrogens with zero attached hydrogens (tertiary/aromatic N) is 4. The van der Waals surface area contributed by atoms with Gasteiger partial charge < -0.3 is 14.9 Å². The van der Waals surface area contributed by atoms with Crippen molar-refractivity contribution in [2.75, 3.05) is 14.1 Å². The molecule has 19 heavy (non-hydrogen) atoms. The third-order valence-electron chi connectivity index (χ3n) is 3.00. The molecule has 1 heterocycles. The quantitative estimate of drug-likeness (QED) is 0.826. The topological polar surface area (TPSA) is 102 Å². The summed E-state index contributed by atoms with van der Waals surface area (Å²) in [7, 11) is 3.03. The first-order valence-corrected chi connectivity index (χ1v) is 5.76. The van der Waals surface area contributed by atoms with Gasteiger partial charge in [0, 0.05) is 14.1 Å². The number of rotatable bonds is 4. The lowest BCUT2D eigenvalue weighted by molar-refractivity contribution is -0.147. The normalized spacial score (nSPS) is 11.2. The first-order chi connectivity index (χ1) is 8.66. The van der Waals surface area contributed by atoms with Gasteiger partial charge >= 0.3 is 12.0 Å². The van der Waals surface area contributed by atoms with Crippen LogP contribution in [0, 0.1) is 6.92 Å². The summed E-state index contributed by atoms with van der Waals surface area (Å²) in [6, 6.07) is -0.408. The summed E-state index contributed by atoms with van der Waals surface area (Å²) in [6.45, 7) is 4.91. The maximum Gasteiger partial charge on any atom is 0.329 e. The molecule has 0 aliphatic carbocycles. The predicted octanol–water partition coefficient (Wildman–Crippen LogP) is 0.460. The zero-order chi connectivity index (χ0) is 14.8. The molecule has 0 fully saturated rings. The van der Waals surface area contributed by atoms with Crippen LogP contribution in [0.5, 0.6) is 0 Å². The Morgan fingerprint density at radius 1 is 1.37 bits per heavy atom. The standard InChI is InChI=1S/C11H19N5O3/c1-7-12-8(14-13-7)6-15(4)10(19)16(5)11(2,3)9(17)18/h6H2,1-5H3,(H,17,18)(H,12,13,14). The fraction of sp³-hybridized carbons (Fsp3) is 0.636. The summed E-state index contributed by atoms with van der Waals surface area (Å²) in [6.07, 6.45) is 0. The molecular weight excluding hydrogens is 250 g/mol. The van der Waals surface area contributed by atoms with E-state index < -0.39 is 17.5 Å². The van der Waals surface area contributed by atoms with Crippen molar-refractivity contribution in [3.05, 3.63) is 11.6 Å². The van der Waals surface area contributed by atoms with Gasteiger partial charge in [0.15, 0.2) is 5.82 Å². The van der Waals surface area contributed by atoms with Crippen molar-refractivity contribution in [3.8, 4) is 0 Å². The van der Waals surface area contributed by atoms with Crippen LogP contribution in [-0.4, -0.2) is 61.7 Å². The highest BCUT2D eigenvalue weighted by molar-refractivity contribution is 5.85. The third-order valence-corrected chi connectivity index (χ3v) is 3.00. The van der Waals surface area contributed by atoms with Crippen molar-refractivity contribution in [2.24, 2.45) is 0 Å². The molecule has 1 aromatic rings. The Morgan fingerprint density at radius 3 is 2.37 bits per heavy atom. The number of hydrogen-bond donors (Lipinski definition) is 2. The van der Waals surface area contributed by atoms with Gasteiger partial charge in [0.2, 0.25) is 0 Å². The lowest BCUT2D eigenvalue weighted by atomic mass is 10.0. The molecule has 8 nitrogen and oxygen atoms in total. The first-order valence-electron chi connectivity index (χ1n) is 5.76. The zero-order valence-electron chi connectivity index (χ0n) is 11.8. The lowest BCUT2D eigenvalue weighted by Crippen LogP contribution is -2.54. The van der Waals surface area contributed by atoms with Crippen LogP contribution in [0.25, 0.3) is 0 Å². The van der Waals surface area contributed by atoms with Gasteiger partial charge in [-0.3, -0.25) is 5.10 Å². The largest absolute Gasteiger partial charge is 0.480 e. The Morgan fingerprint density at radius 2 is 1.95 bits per heavy atom. The highest BCUT2D eigenvalue weighted by Crippen LogP contribution is 2.15. The Balaban J connectivity index is 2.74. The minimum absolute atomic E-state index is 0.212. The molecule has 8 heteroatoms. The van der Waals surface area contributed by atoms with Gasteiger partial charge in [0.05, 0.1) is 6.54 Å². The number of carbonyl (C=O) groups is 2. The number of aliphatic carboxylic acids is 1. The Labute approximate surface area is 111 Å². The fourth-order valence-corrected chi connectivity index (χ4v) is 1.38. The Hall–Kier alpha value is -2.12. The van der Waals surface area contributed by atoms with E-state index >= 15 is 0 Å². The van der Waals surface area contributed by atoms with Gasteiger partial charge in [-0.2, -0.15) is 5.10 Å². The van der Waals surface area contributed by atoms with Gasteiger partial charge in [-0.15, -0.1) is 0 Å². The zero-order valence-corrected chi connectivity index (χ0v) is 11.8. The van der Waals surface area contributed by atoms with Crippen molar-refractivity contribution >= 4 is 12.0 Å². The minimum Gasteiger partial charge on any atom is -0.480 e. The number of aromatic amines is 1. The molecule has 106 valence electrons. The molecular formula is C11H19N5O3. The molecule has 0 spiro atoms. The highest BCUT2D eigenvalue weighted by Gasteiger charge is 2.36. The van der Waals surface area contributed by atoms with Crippen molar-refractivity contribution in [3.63, 3.8) is 0 Å². The number of H-pyrrole nitrogens is 1. The average Bonchev–Trinajstić information content (AvgIpc) is 2.72. The predicted molar refractivity (Wildman–Crippen MR) is 67.5 cm³/mol. The molecule has 0 atom stereocenters. The molecule has 0 radical (unpaired) electrons. The molecule has 0 bridgehead atoms. The molecule has 0 saturated heterocycles. The lowest BCUT2D eigenvalue weighted by Gasteiger charge is -2.34. The summed E-state index contributed by atoms with van der Waals surface area (Å²) in [5.74, 6) is 0.0791. The number of likely N-dealkylation sites (N-methyl/N-ethyl adjacent to an activating group) is 1. The van der Waals surface area contributed by atoms with Crippen LogP contribution in [0.4, 0.5) is 4.79 Å². The number of amides is 2. The smallest absolute Gasteiger partial charge is 0.329 e. The fourth-order valence-electron chi connectivity index (χ4n) is 1.38. The minimum atomic E-state index is -1.28.